The highest BCUT2D eigenvalue weighted by atomic mass is 79.9. The van der Waals surface area contributed by atoms with E-state index in [0.717, 1.165) is 30.4 Å². The minimum Gasteiger partial charge on any atom is -0.492 e. The Labute approximate surface area is 148 Å². The first-order chi connectivity index (χ1) is 11.7. The van der Waals surface area contributed by atoms with Gasteiger partial charge in [0.25, 0.3) is 5.91 Å². The lowest BCUT2D eigenvalue weighted by Crippen LogP contribution is -2.29. The molecule has 0 atom stereocenters. The van der Waals surface area contributed by atoms with E-state index in [9.17, 15) is 4.79 Å². The molecule has 1 amide bonds. The van der Waals surface area contributed by atoms with E-state index in [4.69, 9.17) is 4.74 Å². The molecule has 1 aromatic heterocycles. The van der Waals surface area contributed by atoms with Crippen molar-refractivity contribution in [3.63, 3.8) is 0 Å². The topological polar surface area (TPSA) is 81.1 Å². The third-order valence-corrected chi connectivity index (χ3v) is 4.41. The first kappa shape index (κ1) is 16.9. The van der Waals surface area contributed by atoms with Crippen molar-refractivity contribution >= 4 is 27.5 Å². The zero-order chi connectivity index (χ0) is 16.9. The molecule has 128 valence electrons. The van der Waals surface area contributed by atoms with E-state index in [-0.39, 0.29) is 5.91 Å². The molecular weight excluding hydrogens is 374 g/mol. The van der Waals surface area contributed by atoms with Gasteiger partial charge in [-0.15, -0.1) is 5.10 Å². The van der Waals surface area contributed by atoms with Crippen LogP contribution >= 0.6 is 15.9 Å². The molecule has 2 heterocycles. The number of rotatable bonds is 5. The van der Waals surface area contributed by atoms with Crippen LogP contribution in [-0.2, 0) is 0 Å². The number of carbonyl (C=O) groups excluding carboxylic acids is 1. The van der Waals surface area contributed by atoms with Gasteiger partial charge in [0, 0.05) is 4.47 Å². The SMILES string of the molecule is CCOc1ccc(Br)cc1NC(=O)c1cn(C2CCNCC2)nn1. The Morgan fingerprint density at radius 2 is 2.25 bits per heavy atom. The zero-order valence-electron chi connectivity index (χ0n) is 13.5. The molecule has 8 heteroatoms. The van der Waals surface area contributed by atoms with Gasteiger partial charge in [0.15, 0.2) is 5.69 Å². The predicted octanol–water partition coefficient (Wildman–Crippen LogP) is 2.62. The summed E-state index contributed by atoms with van der Waals surface area (Å²) in [7, 11) is 0. The molecule has 0 unspecified atom stereocenters. The molecule has 0 bridgehead atoms. The molecule has 24 heavy (non-hydrogen) atoms. The number of benzene rings is 1. The van der Waals surface area contributed by atoms with Gasteiger partial charge in [-0.25, -0.2) is 4.68 Å². The van der Waals surface area contributed by atoms with Crippen LogP contribution in [0.3, 0.4) is 0 Å². The lowest BCUT2D eigenvalue weighted by atomic mass is 10.1. The number of ether oxygens (including phenoxy) is 1. The average molecular weight is 394 g/mol. The van der Waals surface area contributed by atoms with Crippen molar-refractivity contribution in [3.8, 4) is 5.75 Å². The summed E-state index contributed by atoms with van der Waals surface area (Å²) in [6, 6.07) is 5.79. The molecule has 0 spiro atoms. The quantitative estimate of drug-likeness (QED) is 0.815. The summed E-state index contributed by atoms with van der Waals surface area (Å²) in [5, 5.41) is 14.3. The normalized spacial score (nSPS) is 15.2. The van der Waals surface area contributed by atoms with Crippen molar-refractivity contribution in [2.24, 2.45) is 0 Å². The van der Waals surface area contributed by atoms with Gasteiger partial charge in [-0.05, 0) is 51.1 Å². The average Bonchev–Trinajstić information content (AvgIpc) is 3.08. The summed E-state index contributed by atoms with van der Waals surface area (Å²) < 4.78 is 8.20. The number of amides is 1. The number of nitrogens with zero attached hydrogens (tertiary/aromatic N) is 3. The second-order valence-electron chi connectivity index (χ2n) is 5.59. The van der Waals surface area contributed by atoms with E-state index in [0.29, 0.717) is 29.8 Å². The van der Waals surface area contributed by atoms with E-state index in [2.05, 4.69) is 36.9 Å². The summed E-state index contributed by atoms with van der Waals surface area (Å²) in [4.78, 5) is 12.5. The Balaban J connectivity index is 1.73. The molecule has 2 N–H and O–H groups in total. The van der Waals surface area contributed by atoms with Crippen molar-refractivity contribution in [2.75, 3.05) is 25.0 Å². The summed E-state index contributed by atoms with van der Waals surface area (Å²) in [5.41, 5.74) is 0.906. The molecule has 0 saturated carbocycles. The Kier molecular flexibility index (Phi) is 5.47. The third-order valence-electron chi connectivity index (χ3n) is 3.92. The maximum atomic E-state index is 12.5. The van der Waals surface area contributed by atoms with Crippen molar-refractivity contribution in [3.05, 3.63) is 34.6 Å². The summed E-state index contributed by atoms with van der Waals surface area (Å²) >= 11 is 3.40. The van der Waals surface area contributed by atoms with E-state index < -0.39 is 0 Å². The Bertz CT molecular complexity index is 712. The fourth-order valence-electron chi connectivity index (χ4n) is 2.70. The second-order valence-corrected chi connectivity index (χ2v) is 6.51. The van der Waals surface area contributed by atoms with Crippen molar-refractivity contribution < 1.29 is 9.53 Å². The van der Waals surface area contributed by atoms with Crippen LogP contribution in [0.25, 0.3) is 0 Å². The Morgan fingerprint density at radius 3 is 3.00 bits per heavy atom. The highest BCUT2D eigenvalue weighted by molar-refractivity contribution is 9.10. The predicted molar refractivity (Wildman–Crippen MR) is 94.4 cm³/mol. The second kappa shape index (κ2) is 7.76. The molecule has 1 saturated heterocycles. The number of hydrogen-bond acceptors (Lipinski definition) is 5. The van der Waals surface area contributed by atoms with Crippen LogP contribution in [0.4, 0.5) is 5.69 Å². The van der Waals surface area contributed by atoms with Gasteiger partial charge in [0.05, 0.1) is 24.5 Å². The number of carbonyl (C=O) groups is 1. The van der Waals surface area contributed by atoms with Gasteiger partial charge in [0.2, 0.25) is 0 Å². The molecule has 1 aliphatic rings. The highest BCUT2D eigenvalue weighted by Gasteiger charge is 2.19. The highest BCUT2D eigenvalue weighted by Crippen LogP contribution is 2.28. The number of piperidine rings is 1. The van der Waals surface area contributed by atoms with Crippen LogP contribution in [0.5, 0.6) is 5.75 Å². The van der Waals surface area contributed by atoms with Crippen molar-refractivity contribution in [1.29, 1.82) is 0 Å². The van der Waals surface area contributed by atoms with E-state index >= 15 is 0 Å². The van der Waals surface area contributed by atoms with E-state index in [1.807, 2.05) is 19.1 Å². The standard InChI is InChI=1S/C16H20BrN5O2/c1-2-24-15-4-3-11(17)9-13(15)19-16(23)14-10-22(21-20-14)12-5-7-18-8-6-12/h3-4,9-10,12,18H,2,5-8H2,1H3,(H,19,23). The fraction of sp³-hybridized carbons (Fsp3) is 0.438. The first-order valence-electron chi connectivity index (χ1n) is 8.03. The van der Waals surface area contributed by atoms with Gasteiger partial charge in [-0.3, -0.25) is 4.79 Å². The smallest absolute Gasteiger partial charge is 0.277 e. The van der Waals surface area contributed by atoms with Crippen molar-refractivity contribution in [2.45, 2.75) is 25.8 Å². The molecular formula is C16H20BrN5O2. The third kappa shape index (κ3) is 3.93. The van der Waals surface area contributed by atoms with Gasteiger partial charge in [-0.2, -0.15) is 0 Å². The molecule has 2 aromatic rings. The van der Waals surface area contributed by atoms with Crippen LogP contribution in [0, 0.1) is 0 Å². The molecule has 1 aromatic carbocycles. The van der Waals surface area contributed by atoms with Crippen molar-refractivity contribution in [1.82, 2.24) is 20.3 Å². The van der Waals surface area contributed by atoms with E-state index in [1.165, 1.54) is 0 Å². The molecule has 3 rings (SSSR count). The zero-order valence-corrected chi connectivity index (χ0v) is 15.0. The number of hydrogen-bond donors (Lipinski definition) is 2. The number of nitrogens with one attached hydrogen (secondary N) is 2. The summed E-state index contributed by atoms with van der Waals surface area (Å²) in [5.74, 6) is 0.328. The van der Waals surface area contributed by atoms with Gasteiger partial charge in [0.1, 0.15) is 5.75 Å². The van der Waals surface area contributed by atoms with Crippen LogP contribution in [0.1, 0.15) is 36.3 Å². The number of anilines is 1. The molecule has 7 nitrogen and oxygen atoms in total. The van der Waals surface area contributed by atoms with Crippen LogP contribution in [-0.4, -0.2) is 40.6 Å². The number of aromatic nitrogens is 3. The lowest BCUT2D eigenvalue weighted by molar-refractivity contribution is 0.102. The lowest BCUT2D eigenvalue weighted by Gasteiger charge is -2.22. The van der Waals surface area contributed by atoms with Crippen LogP contribution in [0.15, 0.2) is 28.9 Å². The first-order valence-corrected chi connectivity index (χ1v) is 8.83. The molecule has 0 radical (unpaired) electrons. The maximum absolute atomic E-state index is 12.5. The van der Waals surface area contributed by atoms with Crippen LogP contribution < -0.4 is 15.4 Å². The monoisotopic (exact) mass is 393 g/mol. The maximum Gasteiger partial charge on any atom is 0.277 e. The molecule has 1 fully saturated rings. The largest absolute Gasteiger partial charge is 0.492 e. The minimum atomic E-state index is -0.297. The van der Waals surface area contributed by atoms with Gasteiger partial charge < -0.3 is 15.4 Å². The molecule has 0 aliphatic carbocycles. The fourth-order valence-corrected chi connectivity index (χ4v) is 3.06. The van der Waals surface area contributed by atoms with Gasteiger partial charge >= 0.3 is 0 Å². The Hall–Kier alpha value is -1.93. The number of halogens is 1. The van der Waals surface area contributed by atoms with E-state index in [1.54, 1.807) is 16.9 Å². The summed E-state index contributed by atoms with van der Waals surface area (Å²) in [6.45, 7) is 4.35. The van der Waals surface area contributed by atoms with Crippen LogP contribution in [0.2, 0.25) is 0 Å². The Morgan fingerprint density at radius 1 is 1.46 bits per heavy atom. The summed E-state index contributed by atoms with van der Waals surface area (Å²) in [6.07, 6.45) is 3.69. The minimum absolute atomic E-state index is 0.296. The molecule has 1 aliphatic heterocycles. The van der Waals surface area contributed by atoms with Gasteiger partial charge in [-0.1, -0.05) is 21.1 Å².